The van der Waals surface area contributed by atoms with Crippen LogP contribution in [0.2, 0.25) is 5.02 Å². The third-order valence-electron chi connectivity index (χ3n) is 4.46. The fraction of sp³-hybridized carbons (Fsp3) is 0.0952. The summed E-state index contributed by atoms with van der Waals surface area (Å²) in [7, 11) is 1.37. The second kappa shape index (κ2) is 7.73. The lowest BCUT2D eigenvalue weighted by Crippen LogP contribution is -2.05. The summed E-state index contributed by atoms with van der Waals surface area (Å²) < 4.78 is 7.74. The van der Waals surface area contributed by atoms with Crippen LogP contribution >= 0.6 is 27.5 Å². The average Bonchev–Trinajstić information content (AvgIpc) is 3.01. The summed E-state index contributed by atoms with van der Waals surface area (Å²) in [6.45, 7) is 0. The van der Waals surface area contributed by atoms with Crippen molar-refractivity contribution < 1.29 is 9.53 Å². The summed E-state index contributed by atoms with van der Waals surface area (Å²) in [4.78, 5) is 20.8. The van der Waals surface area contributed by atoms with Crippen molar-refractivity contribution in [3.05, 3.63) is 87.2 Å². The second-order valence-corrected chi connectivity index (χ2v) is 7.40. The summed E-state index contributed by atoms with van der Waals surface area (Å²) in [5, 5.41) is 1.58. The quantitative estimate of drug-likeness (QED) is 0.395. The monoisotopic (exact) mass is 455 g/mol. The van der Waals surface area contributed by atoms with Crippen LogP contribution < -0.4 is 0 Å². The van der Waals surface area contributed by atoms with Gasteiger partial charge in [-0.25, -0.2) is 14.8 Å². The highest BCUT2D eigenvalue weighted by molar-refractivity contribution is 9.10. The van der Waals surface area contributed by atoms with Gasteiger partial charge in [0.05, 0.1) is 18.2 Å². The highest BCUT2D eigenvalue weighted by Crippen LogP contribution is 2.35. The Labute approximate surface area is 175 Å². The number of esters is 1. The number of carbonyl (C=O) groups excluding carboxylic acids is 1. The van der Waals surface area contributed by atoms with Crippen LogP contribution in [0.1, 0.15) is 21.6 Å². The lowest BCUT2D eigenvalue weighted by atomic mass is 10.1. The van der Waals surface area contributed by atoms with Gasteiger partial charge in [0, 0.05) is 39.4 Å². The fourth-order valence-electron chi connectivity index (χ4n) is 3.14. The van der Waals surface area contributed by atoms with E-state index in [4.69, 9.17) is 16.3 Å². The average molecular weight is 457 g/mol. The Morgan fingerprint density at radius 1 is 1.14 bits per heavy atom. The molecule has 2 aromatic heterocycles. The highest BCUT2D eigenvalue weighted by Gasteiger charge is 2.20. The van der Waals surface area contributed by atoms with Crippen LogP contribution in [0, 0.1) is 0 Å². The summed E-state index contributed by atoms with van der Waals surface area (Å²) >= 11 is 9.74. The summed E-state index contributed by atoms with van der Waals surface area (Å²) in [6, 6.07) is 14.9. The molecule has 0 aliphatic heterocycles. The van der Waals surface area contributed by atoms with E-state index in [0.717, 1.165) is 26.6 Å². The molecule has 0 saturated heterocycles. The second-order valence-electron chi connectivity index (χ2n) is 6.17. The molecule has 140 valence electrons. The SMILES string of the molecule is COC(=O)c1ccc2c(c1)c(Br)c(Cc1ccc(Cl)cc1)n2-c1ncccn1. The molecule has 2 heterocycles. The van der Waals surface area contributed by atoms with Crippen molar-refractivity contribution in [1.29, 1.82) is 0 Å². The van der Waals surface area contributed by atoms with Gasteiger partial charge >= 0.3 is 5.97 Å². The zero-order valence-corrected chi connectivity index (χ0v) is 17.2. The Morgan fingerprint density at radius 3 is 2.54 bits per heavy atom. The van der Waals surface area contributed by atoms with Gasteiger partial charge < -0.3 is 4.74 Å². The number of halogens is 2. The minimum atomic E-state index is -0.378. The predicted octanol–water partition coefficient (Wildman–Crippen LogP) is 5.21. The maximum absolute atomic E-state index is 12.0. The molecule has 5 nitrogen and oxygen atoms in total. The first-order valence-electron chi connectivity index (χ1n) is 8.51. The van der Waals surface area contributed by atoms with Crippen molar-refractivity contribution in [2.45, 2.75) is 6.42 Å². The summed E-state index contributed by atoms with van der Waals surface area (Å²) in [6.07, 6.45) is 4.05. The molecule has 0 unspecified atom stereocenters. The molecule has 7 heteroatoms. The zero-order valence-electron chi connectivity index (χ0n) is 14.9. The van der Waals surface area contributed by atoms with Gasteiger partial charge in [-0.3, -0.25) is 4.57 Å². The predicted molar refractivity (Wildman–Crippen MR) is 112 cm³/mol. The van der Waals surface area contributed by atoms with Crippen LogP contribution in [-0.2, 0) is 11.2 Å². The van der Waals surface area contributed by atoms with Crippen molar-refractivity contribution in [1.82, 2.24) is 14.5 Å². The van der Waals surface area contributed by atoms with Crippen molar-refractivity contribution >= 4 is 44.4 Å². The first-order valence-corrected chi connectivity index (χ1v) is 9.68. The van der Waals surface area contributed by atoms with Crippen LogP contribution in [0.3, 0.4) is 0 Å². The van der Waals surface area contributed by atoms with E-state index in [-0.39, 0.29) is 5.97 Å². The molecular formula is C21H15BrClN3O2. The molecule has 0 saturated carbocycles. The maximum Gasteiger partial charge on any atom is 0.337 e. The van der Waals surface area contributed by atoms with Crippen molar-refractivity contribution in [2.24, 2.45) is 0 Å². The number of fused-ring (bicyclic) bond motifs is 1. The zero-order chi connectivity index (χ0) is 19.7. The highest BCUT2D eigenvalue weighted by atomic mass is 79.9. The van der Waals surface area contributed by atoms with Gasteiger partial charge in [0.25, 0.3) is 0 Å². The standard InChI is InChI=1S/C21H15BrClN3O2/c1-28-20(27)14-5-8-17-16(12-14)19(22)18(11-13-3-6-15(23)7-4-13)26(17)21-24-9-2-10-25-21/h2-10,12H,11H2,1H3. The number of carbonyl (C=O) groups is 1. The molecule has 0 spiro atoms. The fourth-order valence-corrected chi connectivity index (χ4v) is 3.90. The van der Waals surface area contributed by atoms with E-state index in [1.807, 2.05) is 41.0 Å². The third kappa shape index (κ3) is 3.41. The molecule has 0 atom stereocenters. The van der Waals surface area contributed by atoms with Crippen molar-refractivity contribution in [2.75, 3.05) is 7.11 Å². The first kappa shape index (κ1) is 18.7. The Bertz CT molecular complexity index is 1160. The largest absolute Gasteiger partial charge is 0.465 e. The normalized spacial score (nSPS) is 11.0. The molecule has 0 amide bonds. The van der Waals surface area contributed by atoms with Crippen LogP contribution in [-0.4, -0.2) is 27.6 Å². The van der Waals surface area contributed by atoms with E-state index in [1.54, 1.807) is 24.5 Å². The number of nitrogens with zero attached hydrogens (tertiary/aromatic N) is 3. The molecule has 4 rings (SSSR count). The third-order valence-corrected chi connectivity index (χ3v) is 5.59. The topological polar surface area (TPSA) is 57.0 Å². The minimum absolute atomic E-state index is 0.378. The van der Waals surface area contributed by atoms with Crippen LogP contribution in [0.25, 0.3) is 16.9 Å². The van der Waals surface area contributed by atoms with Gasteiger partial charge in [0.2, 0.25) is 5.95 Å². The van der Waals surface area contributed by atoms with E-state index in [1.165, 1.54) is 7.11 Å². The number of hydrogen-bond donors (Lipinski definition) is 0. The molecule has 0 bridgehead atoms. The molecule has 28 heavy (non-hydrogen) atoms. The Balaban J connectivity index is 1.94. The number of ether oxygens (including phenoxy) is 1. The molecule has 0 aliphatic rings. The lowest BCUT2D eigenvalue weighted by molar-refractivity contribution is 0.0601. The van der Waals surface area contributed by atoms with E-state index in [9.17, 15) is 4.79 Å². The Kier molecular flexibility index (Phi) is 5.15. The van der Waals surface area contributed by atoms with Gasteiger partial charge in [0.1, 0.15) is 0 Å². The van der Waals surface area contributed by atoms with Crippen LogP contribution in [0.5, 0.6) is 0 Å². The van der Waals surface area contributed by atoms with Crippen molar-refractivity contribution in [3.63, 3.8) is 0 Å². The number of aromatic nitrogens is 3. The first-order chi connectivity index (χ1) is 13.6. The van der Waals surface area contributed by atoms with Gasteiger partial charge in [-0.15, -0.1) is 0 Å². The van der Waals surface area contributed by atoms with E-state index < -0.39 is 0 Å². The number of rotatable bonds is 4. The lowest BCUT2D eigenvalue weighted by Gasteiger charge is -2.10. The number of hydrogen-bond acceptors (Lipinski definition) is 4. The Hall–Kier alpha value is -2.70. The van der Waals surface area contributed by atoms with Crippen molar-refractivity contribution in [3.8, 4) is 5.95 Å². The van der Waals surface area contributed by atoms with Gasteiger partial charge in [-0.05, 0) is 57.9 Å². The number of methoxy groups -OCH3 is 1. The molecular weight excluding hydrogens is 442 g/mol. The van der Waals surface area contributed by atoms with Gasteiger partial charge in [-0.2, -0.15) is 0 Å². The summed E-state index contributed by atoms with van der Waals surface area (Å²) in [5.41, 5.74) is 3.46. The van der Waals surface area contributed by atoms with Crippen LogP contribution in [0.15, 0.2) is 65.4 Å². The maximum atomic E-state index is 12.0. The van der Waals surface area contributed by atoms with E-state index in [0.29, 0.717) is 23.0 Å². The molecule has 2 aromatic carbocycles. The van der Waals surface area contributed by atoms with Gasteiger partial charge in [0.15, 0.2) is 0 Å². The van der Waals surface area contributed by atoms with E-state index >= 15 is 0 Å². The molecule has 0 aliphatic carbocycles. The number of benzene rings is 2. The minimum Gasteiger partial charge on any atom is -0.465 e. The molecule has 0 radical (unpaired) electrons. The smallest absolute Gasteiger partial charge is 0.337 e. The summed E-state index contributed by atoms with van der Waals surface area (Å²) in [5.74, 6) is 0.185. The molecule has 0 fully saturated rings. The Morgan fingerprint density at radius 2 is 1.86 bits per heavy atom. The van der Waals surface area contributed by atoms with E-state index in [2.05, 4.69) is 25.9 Å². The van der Waals surface area contributed by atoms with Gasteiger partial charge in [-0.1, -0.05) is 23.7 Å². The van der Waals surface area contributed by atoms with Crippen LogP contribution in [0.4, 0.5) is 0 Å². The molecule has 4 aromatic rings. The molecule has 0 N–H and O–H groups in total.